The fourth-order valence-corrected chi connectivity index (χ4v) is 7.28. The minimum atomic E-state index is -3.67. The number of halogens is 7. The first-order valence-electron chi connectivity index (χ1n) is 18.5. The van der Waals surface area contributed by atoms with Gasteiger partial charge in [0.15, 0.2) is 11.5 Å². The predicted molar refractivity (Wildman–Crippen MR) is 222 cm³/mol. The Morgan fingerprint density at radius 2 is 1.75 bits per heavy atom. The van der Waals surface area contributed by atoms with E-state index in [2.05, 4.69) is 40.9 Å². The van der Waals surface area contributed by atoms with Crippen molar-refractivity contribution in [1.82, 2.24) is 29.8 Å². The van der Waals surface area contributed by atoms with Gasteiger partial charge in [0.05, 0.1) is 24.3 Å². The number of rotatable bonds is 10. The van der Waals surface area contributed by atoms with Crippen molar-refractivity contribution >= 4 is 52.3 Å². The number of para-hydroxylation sites is 2. The van der Waals surface area contributed by atoms with Gasteiger partial charge in [-0.25, -0.2) is 23.8 Å². The van der Waals surface area contributed by atoms with E-state index in [1.54, 1.807) is 25.3 Å². The highest BCUT2D eigenvalue weighted by Crippen LogP contribution is 2.47. The van der Waals surface area contributed by atoms with Crippen LogP contribution < -0.4 is 14.8 Å². The van der Waals surface area contributed by atoms with Gasteiger partial charge in [-0.15, -0.1) is 8.78 Å². The molecule has 1 saturated carbocycles. The Balaban J connectivity index is 0.000000157. The topological polar surface area (TPSA) is 143 Å². The third-order valence-electron chi connectivity index (χ3n) is 9.18. The quantitative estimate of drug-likeness (QED) is 0.101. The highest BCUT2D eigenvalue weighted by molar-refractivity contribution is 6.39. The number of hydroxylamine groups is 2. The average Bonchev–Trinajstić information content (AvgIpc) is 3.67. The number of alkyl halides is 4. The molecular weight excluding hydrogens is 863 g/mol. The molecule has 318 valence electrons. The van der Waals surface area contributed by atoms with E-state index >= 15 is 0 Å². The van der Waals surface area contributed by atoms with Gasteiger partial charge >= 0.3 is 6.29 Å². The monoisotopic (exact) mass is 898 g/mol. The lowest BCUT2D eigenvalue weighted by molar-refractivity contribution is -0.286. The average molecular weight is 900 g/mol. The summed E-state index contributed by atoms with van der Waals surface area (Å²) < 4.78 is 62.3. The van der Waals surface area contributed by atoms with E-state index in [1.165, 1.54) is 63.3 Å². The van der Waals surface area contributed by atoms with Crippen LogP contribution in [-0.4, -0.2) is 55.1 Å². The number of carbonyl (C=O) groups excluding carboxylic acids is 1. The van der Waals surface area contributed by atoms with Gasteiger partial charge in [-0.2, -0.15) is 10.4 Å². The summed E-state index contributed by atoms with van der Waals surface area (Å²) in [5.41, 5.74) is 4.20. The molecule has 1 aliphatic carbocycles. The third-order valence-corrected chi connectivity index (χ3v) is 10.1. The second-order valence-corrected chi connectivity index (χ2v) is 15.1. The number of nitrogens with one attached hydrogen (secondary N) is 2. The van der Waals surface area contributed by atoms with Gasteiger partial charge in [0.25, 0.3) is 12.3 Å². The first kappa shape index (κ1) is 44.7. The number of hydrogen-bond acceptors (Lipinski definition) is 9. The number of ether oxygens (including phenoxy) is 2. The number of nitrogens with zero attached hydrogens (tertiary/aromatic N) is 6. The molecule has 0 bridgehead atoms. The number of hydrogen-bond donors (Lipinski definition) is 2. The third kappa shape index (κ3) is 11.1. The van der Waals surface area contributed by atoms with Crippen LogP contribution in [-0.2, 0) is 18.3 Å². The zero-order valence-electron chi connectivity index (χ0n) is 32.9. The van der Waals surface area contributed by atoms with Crippen molar-refractivity contribution in [2.24, 2.45) is 7.05 Å². The molecule has 61 heavy (non-hydrogen) atoms. The van der Waals surface area contributed by atoms with Crippen molar-refractivity contribution in [3.63, 3.8) is 0 Å². The maximum Gasteiger partial charge on any atom is 0.586 e. The summed E-state index contributed by atoms with van der Waals surface area (Å²) in [4.78, 5) is 29.6. The maximum absolute atomic E-state index is 13.1. The zero-order valence-corrected chi connectivity index (χ0v) is 35.2. The number of aromatic nitrogens is 5. The van der Waals surface area contributed by atoms with E-state index in [-0.39, 0.29) is 23.5 Å². The van der Waals surface area contributed by atoms with E-state index in [9.17, 15) is 22.4 Å². The molecule has 2 N–H and O–H groups in total. The number of nitriles is 1. The number of amides is 1. The van der Waals surface area contributed by atoms with Crippen LogP contribution in [0.2, 0.25) is 15.1 Å². The summed E-state index contributed by atoms with van der Waals surface area (Å²) in [7, 11) is 2.73. The lowest BCUT2D eigenvalue weighted by atomic mass is 10.0. The Kier molecular flexibility index (Phi) is 14.1. The minimum Gasteiger partial charge on any atom is -0.395 e. The largest absolute Gasteiger partial charge is 0.586 e. The molecule has 1 fully saturated rings. The number of aromatic amines is 1. The molecule has 0 spiro atoms. The Morgan fingerprint density at radius 1 is 1.05 bits per heavy atom. The molecule has 4 heterocycles. The first-order chi connectivity index (χ1) is 29.1. The second kappa shape index (κ2) is 19.2. The number of H-pyrrole nitrogens is 1. The van der Waals surface area contributed by atoms with E-state index in [0.29, 0.717) is 49.2 Å². The molecule has 6 aromatic rings. The molecule has 12 nitrogen and oxygen atoms in total. The van der Waals surface area contributed by atoms with E-state index in [1.807, 2.05) is 43.3 Å². The predicted octanol–water partition coefficient (Wildman–Crippen LogP) is 11.2. The Bertz CT molecular complexity index is 2520. The molecule has 1 aliphatic heterocycles. The number of aryl methyl sites for hydroxylation is 2. The van der Waals surface area contributed by atoms with Crippen LogP contribution in [0.3, 0.4) is 0 Å². The van der Waals surface area contributed by atoms with Crippen molar-refractivity contribution < 1.29 is 36.7 Å². The standard InChI is InChI=1S/C16H16Cl3F2N3O2.C14H15N3.C12H6F2N2O2/c1-8(4-10-12(18)5-9(17)6-13(10)19)24(26-3)16(25)11-7-23(2)22-14(11)15(20)21;1-10-9-13(11-7-8-11)17-14(15-10)16-12-5-3-2-4-6-12;13-12(14)17-10-3-1-2-8(11(10)18-12)9-6-16-5-7(9)4-15/h5-8,15H,4H2,1-3H3;2-6,9,11H,7-8H2,1H3,(H,15,16,17);1-3,5-6,16H. The van der Waals surface area contributed by atoms with Gasteiger partial charge in [0, 0.05) is 74.8 Å². The van der Waals surface area contributed by atoms with Crippen molar-refractivity contribution in [1.29, 1.82) is 5.26 Å². The molecule has 3 aromatic carbocycles. The van der Waals surface area contributed by atoms with Gasteiger partial charge in [-0.3, -0.25) is 14.3 Å². The molecule has 8 rings (SSSR count). The second-order valence-electron chi connectivity index (χ2n) is 13.8. The molecule has 1 unspecified atom stereocenters. The summed E-state index contributed by atoms with van der Waals surface area (Å²) in [6.07, 6.45) is 0.480. The highest BCUT2D eigenvalue weighted by atomic mass is 35.5. The summed E-state index contributed by atoms with van der Waals surface area (Å²) in [6.45, 7) is 3.70. The van der Waals surface area contributed by atoms with Crippen molar-refractivity contribution in [3.05, 3.63) is 134 Å². The molecule has 1 amide bonds. The van der Waals surface area contributed by atoms with Crippen LogP contribution in [0.5, 0.6) is 11.5 Å². The lowest BCUT2D eigenvalue weighted by Gasteiger charge is -2.27. The Hall–Kier alpha value is -5.86. The lowest BCUT2D eigenvalue weighted by Crippen LogP contribution is -2.39. The first-order valence-corrected chi connectivity index (χ1v) is 19.7. The molecule has 1 atom stereocenters. The molecule has 2 aliphatic rings. The van der Waals surface area contributed by atoms with Gasteiger partial charge in [-0.05, 0) is 75.1 Å². The van der Waals surface area contributed by atoms with Gasteiger partial charge in [0.1, 0.15) is 11.8 Å². The van der Waals surface area contributed by atoms with Gasteiger partial charge in [0.2, 0.25) is 5.95 Å². The molecule has 3 aromatic heterocycles. The zero-order chi connectivity index (χ0) is 44.0. The fraction of sp³-hybridized carbons (Fsp3) is 0.262. The van der Waals surface area contributed by atoms with Crippen molar-refractivity contribution in [2.45, 2.75) is 57.8 Å². The van der Waals surface area contributed by atoms with Gasteiger partial charge in [-0.1, -0.05) is 65.1 Å². The smallest absolute Gasteiger partial charge is 0.395 e. The maximum atomic E-state index is 13.1. The molecular formula is C42H37Cl3F4N8O4. The number of carbonyl (C=O) groups is 1. The molecule has 0 radical (unpaired) electrons. The van der Waals surface area contributed by atoms with Crippen LogP contribution in [0.15, 0.2) is 85.3 Å². The van der Waals surface area contributed by atoms with Crippen molar-refractivity contribution in [2.75, 3.05) is 12.4 Å². The van der Waals surface area contributed by atoms with Crippen LogP contribution in [0.1, 0.15) is 70.7 Å². The summed E-state index contributed by atoms with van der Waals surface area (Å²) in [6, 6.07) is 21.2. The summed E-state index contributed by atoms with van der Waals surface area (Å²) in [5.74, 6) is 0.539. The minimum absolute atomic E-state index is 0.0393. The van der Waals surface area contributed by atoms with Gasteiger partial charge < -0.3 is 19.8 Å². The number of benzene rings is 3. The number of fused-ring (bicyclic) bond motifs is 1. The van der Waals surface area contributed by atoms with E-state index in [4.69, 9.17) is 44.9 Å². The van der Waals surface area contributed by atoms with Crippen LogP contribution >= 0.6 is 34.8 Å². The Morgan fingerprint density at radius 3 is 2.39 bits per heavy atom. The number of anilines is 2. The van der Waals surface area contributed by atoms with Crippen molar-refractivity contribution in [3.8, 4) is 28.7 Å². The molecule has 19 heteroatoms. The molecule has 0 saturated heterocycles. The summed E-state index contributed by atoms with van der Waals surface area (Å²) >= 11 is 18.2. The van der Waals surface area contributed by atoms with Crippen LogP contribution in [0.4, 0.5) is 29.2 Å². The fourth-order valence-electron chi connectivity index (χ4n) is 6.31. The van der Waals surface area contributed by atoms with E-state index in [0.717, 1.165) is 21.1 Å². The normalized spacial score (nSPS) is 14.0. The van der Waals surface area contributed by atoms with Crippen LogP contribution in [0.25, 0.3) is 11.1 Å². The Labute approximate surface area is 362 Å². The SMILES string of the molecule is CON(C(=O)c1cn(C)nc1C(F)F)C(C)Cc1c(Cl)cc(Cl)cc1Cl.Cc1cc(C2CC2)nc(Nc2ccccc2)n1.N#Cc1c[nH]cc1-c1cccc2c1OC(F)(F)O2. The highest BCUT2D eigenvalue weighted by Gasteiger charge is 2.44. The summed E-state index contributed by atoms with van der Waals surface area (Å²) in [5, 5.41) is 17.9. The van der Waals surface area contributed by atoms with Crippen LogP contribution in [0, 0.1) is 18.3 Å². The van der Waals surface area contributed by atoms with E-state index < -0.39 is 30.4 Å².